The Morgan fingerprint density at radius 3 is 2.58 bits per heavy atom. The van der Waals surface area contributed by atoms with E-state index in [1.165, 1.54) is 49.9 Å². The van der Waals surface area contributed by atoms with Crippen LogP contribution < -0.4 is 10.6 Å². The van der Waals surface area contributed by atoms with Crippen LogP contribution in [0.3, 0.4) is 0 Å². The Bertz CT molecular complexity index is 615. The highest BCUT2D eigenvalue weighted by molar-refractivity contribution is 14.0. The molecule has 1 aromatic rings. The van der Waals surface area contributed by atoms with Gasteiger partial charge in [0.25, 0.3) is 0 Å². The highest BCUT2D eigenvalue weighted by Crippen LogP contribution is 2.14. The number of hydrogen-bond acceptors (Lipinski definition) is 4. The number of likely N-dealkylation sites (tertiary alicyclic amines) is 1. The Morgan fingerprint density at radius 2 is 1.87 bits per heavy atom. The maximum absolute atomic E-state index is 5.73. The minimum Gasteiger partial charge on any atom is -0.379 e. The Balaban J connectivity index is 0.00000341. The minimum absolute atomic E-state index is 0. The van der Waals surface area contributed by atoms with Crippen LogP contribution in [0, 0.1) is 0 Å². The number of halogens is 1. The zero-order valence-corrected chi connectivity index (χ0v) is 21.4. The van der Waals surface area contributed by atoms with Crippen LogP contribution in [0.2, 0.25) is 0 Å². The molecule has 6 nitrogen and oxygen atoms in total. The van der Waals surface area contributed by atoms with E-state index in [0.29, 0.717) is 12.6 Å². The van der Waals surface area contributed by atoms with E-state index in [9.17, 15) is 0 Å². The minimum atomic E-state index is 0. The molecule has 0 aliphatic carbocycles. The lowest BCUT2D eigenvalue weighted by Gasteiger charge is -2.26. The average Bonchev–Trinajstić information content (AvgIpc) is 3.30. The molecular weight excluding hydrogens is 503 g/mol. The summed E-state index contributed by atoms with van der Waals surface area (Å²) in [5.41, 5.74) is 2.65. The van der Waals surface area contributed by atoms with Crippen LogP contribution in [0.25, 0.3) is 0 Å². The van der Waals surface area contributed by atoms with Gasteiger partial charge in [0.1, 0.15) is 0 Å². The SMILES string of the molecule is CCNC(=NCc1ccc(CN2CCCCC2)cc1)NCCCOCC1CCCO1.I. The lowest BCUT2D eigenvalue weighted by molar-refractivity contribution is 0.0168. The zero-order chi connectivity index (χ0) is 20.9. The highest BCUT2D eigenvalue weighted by Gasteiger charge is 2.15. The maximum atomic E-state index is 5.73. The summed E-state index contributed by atoms with van der Waals surface area (Å²) in [4.78, 5) is 7.30. The van der Waals surface area contributed by atoms with E-state index in [1.807, 2.05) is 0 Å². The van der Waals surface area contributed by atoms with E-state index < -0.39 is 0 Å². The van der Waals surface area contributed by atoms with Gasteiger partial charge in [-0.05, 0) is 63.2 Å². The molecule has 2 N–H and O–H groups in total. The Morgan fingerprint density at radius 1 is 1.10 bits per heavy atom. The van der Waals surface area contributed by atoms with E-state index in [-0.39, 0.29) is 24.0 Å². The standard InChI is InChI=1S/C24H40N4O2.HI/c1-2-25-24(26-13-7-16-29-20-23-8-6-17-30-23)27-18-21-9-11-22(12-10-21)19-28-14-4-3-5-15-28;/h9-12,23H,2-8,13-20H2,1H3,(H2,25,26,27);1H. The van der Waals surface area contributed by atoms with Gasteiger partial charge in [-0.2, -0.15) is 0 Å². The van der Waals surface area contributed by atoms with Crippen LogP contribution in [-0.4, -0.2) is 63.0 Å². The number of guanidine groups is 1. The van der Waals surface area contributed by atoms with Crippen molar-refractivity contribution in [2.45, 2.75) is 64.6 Å². The highest BCUT2D eigenvalue weighted by atomic mass is 127. The van der Waals surface area contributed by atoms with Crippen LogP contribution in [0.15, 0.2) is 29.3 Å². The monoisotopic (exact) mass is 544 g/mol. The predicted molar refractivity (Wildman–Crippen MR) is 138 cm³/mol. The van der Waals surface area contributed by atoms with Crippen LogP contribution in [0.5, 0.6) is 0 Å². The molecule has 0 spiro atoms. The van der Waals surface area contributed by atoms with Gasteiger partial charge in [0, 0.05) is 32.8 Å². The number of piperidine rings is 1. The van der Waals surface area contributed by atoms with Crippen molar-refractivity contribution in [2.24, 2.45) is 4.99 Å². The number of nitrogens with one attached hydrogen (secondary N) is 2. The fraction of sp³-hybridized carbons (Fsp3) is 0.708. The molecule has 2 heterocycles. The third-order valence-corrected chi connectivity index (χ3v) is 5.73. The van der Waals surface area contributed by atoms with E-state index in [4.69, 9.17) is 14.5 Å². The van der Waals surface area contributed by atoms with Gasteiger partial charge in [-0.1, -0.05) is 30.7 Å². The maximum Gasteiger partial charge on any atom is 0.191 e. The second kappa shape index (κ2) is 15.8. The molecule has 1 unspecified atom stereocenters. The van der Waals surface area contributed by atoms with Crippen LogP contribution >= 0.6 is 24.0 Å². The van der Waals surface area contributed by atoms with Crippen molar-refractivity contribution in [1.29, 1.82) is 0 Å². The van der Waals surface area contributed by atoms with Gasteiger partial charge in [-0.15, -0.1) is 24.0 Å². The second-order valence-electron chi connectivity index (χ2n) is 8.34. The molecule has 0 amide bonds. The summed E-state index contributed by atoms with van der Waals surface area (Å²) in [6.45, 7) is 10.4. The summed E-state index contributed by atoms with van der Waals surface area (Å²) in [6, 6.07) is 8.94. The van der Waals surface area contributed by atoms with Gasteiger partial charge in [0.15, 0.2) is 5.96 Å². The summed E-state index contributed by atoms with van der Waals surface area (Å²) in [5, 5.41) is 6.73. The number of hydrogen-bond donors (Lipinski definition) is 2. The first-order valence-electron chi connectivity index (χ1n) is 11.8. The number of ether oxygens (including phenoxy) is 2. The van der Waals surface area contributed by atoms with Crippen LogP contribution in [0.4, 0.5) is 0 Å². The first-order valence-corrected chi connectivity index (χ1v) is 11.8. The average molecular weight is 545 g/mol. The third-order valence-electron chi connectivity index (χ3n) is 5.73. The van der Waals surface area contributed by atoms with E-state index in [1.54, 1.807) is 0 Å². The zero-order valence-electron chi connectivity index (χ0n) is 19.1. The molecule has 1 atom stereocenters. The van der Waals surface area contributed by atoms with E-state index in [0.717, 1.165) is 58.3 Å². The molecule has 0 bridgehead atoms. The Hall–Kier alpha value is -0.900. The van der Waals surface area contributed by atoms with Gasteiger partial charge < -0.3 is 20.1 Å². The Kier molecular flexibility index (Phi) is 13.5. The van der Waals surface area contributed by atoms with E-state index in [2.05, 4.69) is 46.7 Å². The number of aliphatic imine (C=N–C) groups is 1. The van der Waals surface area contributed by atoms with Crippen LogP contribution in [0.1, 0.15) is 56.6 Å². The van der Waals surface area contributed by atoms with E-state index >= 15 is 0 Å². The molecule has 2 aliphatic rings. The fourth-order valence-electron chi connectivity index (χ4n) is 4.01. The number of rotatable bonds is 11. The molecule has 0 radical (unpaired) electrons. The first-order chi connectivity index (χ1) is 14.8. The molecule has 0 saturated carbocycles. The summed E-state index contributed by atoms with van der Waals surface area (Å²) in [6.07, 6.45) is 7.64. The predicted octanol–water partition coefficient (Wildman–Crippen LogP) is 3.93. The smallest absolute Gasteiger partial charge is 0.191 e. The molecular formula is C24H41IN4O2. The largest absolute Gasteiger partial charge is 0.379 e. The van der Waals surface area contributed by atoms with Gasteiger partial charge >= 0.3 is 0 Å². The molecule has 1 aromatic carbocycles. The van der Waals surface area contributed by atoms with Gasteiger partial charge in [0.05, 0.1) is 19.3 Å². The number of benzene rings is 1. The second-order valence-corrected chi connectivity index (χ2v) is 8.34. The summed E-state index contributed by atoms with van der Waals surface area (Å²) >= 11 is 0. The van der Waals surface area contributed by atoms with Crippen molar-refractivity contribution in [3.8, 4) is 0 Å². The quantitative estimate of drug-likeness (QED) is 0.191. The van der Waals surface area contributed by atoms with Crippen molar-refractivity contribution < 1.29 is 9.47 Å². The normalized spacial score (nSPS) is 19.8. The molecule has 176 valence electrons. The van der Waals surface area contributed by atoms with Crippen molar-refractivity contribution in [2.75, 3.05) is 46.0 Å². The van der Waals surface area contributed by atoms with Crippen molar-refractivity contribution in [3.05, 3.63) is 35.4 Å². The lowest BCUT2D eigenvalue weighted by Crippen LogP contribution is -2.38. The van der Waals surface area contributed by atoms with Crippen molar-refractivity contribution >= 4 is 29.9 Å². The molecule has 7 heteroatoms. The van der Waals surface area contributed by atoms with Crippen molar-refractivity contribution in [3.63, 3.8) is 0 Å². The van der Waals surface area contributed by atoms with Crippen LogP contribution in [-0.2, 0) is 22.6 Å². The molecule has 31 heavy (non-hydrogen) atoms. The molecule has 2 aliphatic heterocycles. The molecule has 2 fully saturated rings. The summed E-state index contributed by atoms with van der Waals surface area (Å²) in [5.74, 6) is 0.869. The van der Waals surface area contributed by atoms with Gasteiger partial charge in [-0.3, -0.25) is 4.90 Å². The summed E-state index contributed by atoms with van der Waals surface area (Å²) in [7, 11) is 0. The summed E-state index contributed by atoms with van der Waals surface area (Å²) < 4.78 is 11.3. The molecule has 2 saturated heterocycles. The molecule has 3 rings (SSSR count). The topological polar surface area (TPSA) is 58.1 Å². The Labute approximate surface area is 205 Å². The van der Waals surface area contributed by atoms with Gasteiger partial charge in [0.2, 0.25) is 0 Å². The van der Waals surface area contributed by atoms with Crippen molar-refractivity contribution in [1.82, 2.24) is 15.5 Å². The van der Waals surface area contributed by atoms with Gasteiger partial charge in [-0.25, -0.2) is 4.99 Å². The third kappa shape index (κ3) is 10.5. The number of nitrogens with zero attached hydrogens (tertiary/aromatic N) is 2. The lowest BCUT2D eigenvalue weighted by atomic mass is 10.1. The molecule has 0 aromatic heterocycles. The fourth-order valence-corrected chi connectivity index (χ4v) is 4.01. The first kappa shape index (κ1) is 26.4.